The first kappa shape index (κ1) is 12.3. The smallest absolute Gasteiger partial charge is 0.275 e. The Kier molecular flexibility index (Phi) is 3.00. The number of amides is 1. The lowest BCUT2D eigenvalue weighted by Crippen LogP contribution is -2.51. The first-order valence-electron chi connectivity index (χ1n) is 7.54. The number of nitrogens with one attached hydrogen (secondary N) is 2. The van der Waals surface area contributed by atoms with Crippen LogP contribution in [0.3, 0.4) is 0 Å². The van der Waals surface area contributed by atoms with E-state index >= 15 is 0 Å². The molecule has 6 nitrogen and oxygen atoms in total. The van der Waals surface area contributed by atoms with Crippen LogP contribution in [0.5, 0.6) is 0 Å². The van der Waals surface area contributed by atoms with Crippen LogP contribution in [0.15, 0.2) is 0 Å². The van der Waals surface area contributed by atoms with E-state index in [0.29, 0.717) is 18.8 Å². The topological polar surface area (TPSA) is 70.2 Å². The van der Waals surface area contributed by atoms with E-state index in [1.54, 1.807) is 0 Å². The van der Waals surface area contributed by atoms with Crippen LogP contribution in [0, 0.1) is 0 Å². The van der Waals surface area contributed by atoms with Crippen molar-refractivity contribution in [3.05, 3.63) is 17.0 Å². The van der Waals surface area contributed by atoms with Gasteiger partial charge in [-0.3, -0.25) is 9.89 Å². The Bertz CT molecular complexity index is 527. The molecular weight excluding hydrogens is 256 g/mol. The van der Waals surface area contributed by atoms with E-state index in [2.05, 4.69) is 15.5 Å². The van der Waals surface area contributed by atoms with Gasteiger partial charge >= 0.3 is 0 Å². The first-order chi connectivity index (χ1) is 9.84. The van der Waals surface area contributed by atoms with Crippen LogP contribution in [-0.2, 0) is 17.7 Å². The number of hydrogen-bond donors (Lipinski definition) is 2. The number of ether oxygens (including phenoxy) is 1. The summed E-state index contributed by atoms with van der Waals surface area (Å²) in [6.45, 7) is 3.03. The number of fused-ring (bicyclic) bond motifs is 2. The highest BCUT2D eigenvalue weighted by Crippen LogP contribution is 2.31. The van der Waals surface area contributed by atoms with Gasteiger partial charge < -0.3 is 15.0 Å². The third-order valence-electron chi connectivity index (χ3n) is 4.75. The van der Waals surface area contributed by atoms with Gasteiger partial charge in [-0.1, -0.05) is 0 Å². The summed E-state index contributed by atoms with van der Waals surface area (Å²) in [5.74, 6) is 0.0754. The SMILES string of the molecule is O=C(c1n[nH]c2c1CNCC2)N1CCOC2CCCC21. The van der Waals surface area contributed by atoms with E-state index < -0.39 is 0 Å². The zero-order valence-corrected chi connectivity index (χ0v) is 11.5. The molecule has 1 saturated carbocycles. The van der Waals surface area contributed by atoms with E-state index in [4.69, 9.17) is 4.74 Å². The molecule has 1 amide bonds. The van der Waals surface area contributed by atoms with Crippen molar-refractivity contribution in [1.29, 1.82) is 0 Å². The number of H-pyrrole nitrogens is 1. The summed E-state index contributed by atoms with van der Waals surface area (Å²) in [5, 5.41) is 10.6. The third-order valence-corrected chi connectivity index (χ3v) is 4.75. The van der Waals surface area contributed by atoms with Gasteiger partial charge in [-0.05, 0) is 19.3 Å². The predicted molar refractivity (Wildman–Crippen MR) is 72.4 cm³/mol. The van der Waals surface area contributed by atoms with Crippen LogP contribution in [0.4, 0.5) is 0 Å². The number of aromatic amines is 1. The molecule has 2 atom stereocenters. The van der Waals surface area contributed by atoms with Crippen molar-refractivity contribution in [3.63, 3.8) is 0 Å². The van der Waals surface area contributed by atoms with Crippen molar-refractivity contribution in [1.82, 2.24) is 20.4 Å². The molecule has 1 aromatic heterocycles. The minimum atomic E-state index is 0.0754. The lowest BCUT2D eigenvalue weighted by atomic mass is 10.0. The number of carbonyl (C=O) groups is 1. The fourth-order valence-corrected chi connectivity index (χ4v) is 3.72. The number of morpholine rings is 1. The van der Waals surface area contributed by atoms with Crippen molar-refractivity contribution in [2.45, 2.75) is 44.4 Å². The second-order valence-electron chi connectivity index (χ2n) is 5.86. The number of nitrogens with zero attached hydrogens (tertiary/aromatic N) is 2. The highest BCUT2D eigenvalue weighted by atomic mass is 16.5. The van der Waals surface area contributed by atoms with Gasteiger partial charge in [0.05, 0.1) is 18.8 Å². The van der Waals surface area contributed by atoms with Crippen molar-refractivity contribution in [3.8, 4) is 0 Å². The van der Waals surface area contributed by atoms with Crippen LogP contribution in [-0.4, -0.2) is 52.8 Å². The second kappa shape index (κ2) is 4.86. The molecule has 2 fully saturated rings. The molecule has 1 aliphatic carbocycles. The number of rotatable bonds is 1. The van der Waals surface area contributed by atoms with Gasteiger partial charge in [0.25, 0.3) is 5.91 Å². The number of hydrogen-bond acceptors (Lipinski definition) is 4. The van der Waals surface area contributed by atoms with E-state index in [9.17, 15) is 4.79 Å². The van der Waals surface area contributed by atoms with Crippen molar-refractivity contribution >= 4 is 5.91 Å². The average Bonchev–Trinajstić information content (AvgIpc) is 3.12. The number of aromatic nitrogens is 2. The van der Waals surface area contributed by atoms with Crippen molar-refractivity contribution < 1.29 is 9.53 Å². The van der Waals surface area contributed by atoms with Crippen LogP contribution in [0.1, 0.15) is 41.0 Å². The normalized spacial score (nSPS) is 29.1. The Morgan fingerprint density at radius 1 is 1.40 bits per heavy atom. The van der Waals surface area contributed by atoms with Crippen LogP contribution in [0.2, 0.25) is 0 Å². The Morgan fingerprint density at radius 3 is 3.30 bits per heavy atom. The van der Waals surface area contributed by atoms with Gasteiger partial charge in [0.1, 0.15) is 0 Å². The second-order valence-corrected chi connectivity index (χ2v) is 5.86. The molecule has 0 radical (unpaired) electrons. The maximum atomic E-state index is 12.8. The zero-order chi connectivity index (χ0) is 13.5. The minimum absolute atomic E-state index is 0.0754. The fraction of sp³-hybridized carbons (Fsp3) is 0.714. The predicted octanol–water partition coefficient (Wildman–Crippen LogP) is 0.449. The van der Waals surface area contributed by atoms with E-state index in [0.717, 1.165) is 50.0 Å². The van der Waals surface area contributed by atoms with Crippen LogP contribution >= 0.6 is 0 Å². The lowest BCUT2D eigenvalue weighted by Gasteiger charge is -2.37. The maximum absolute atomic E-state index is 12.8. The molecule has 20 heavy (non-hydrogen) atoms. The molecule has 2 aliphatic heterocycles. The molecule has 0 spiro atoms. The van der Waals surface area contributed by atoms with Crippen molar-refractivity contribution in [2.75, 3.05) is 19.7 Å². The Balaban J connectivity index is 1.61. The maximum Gasteiger partial charge on any atom is 0.275 e. The average molecular weight is 276 g/mol. The Hall–Kier alpha value is -1.40. The highest BCUT2D eigenvalue weighted by molar-refractivity contribution is 5.94. The minimum Gasteiger partial charge on any atom is -0.374 e. The van der Waals surface area contributed by atoms with Gasteiger partial charge in [-0.2, -0.15) is 5.10 Å². The standard InChI is InChI=1S/C14H20N4O2/c19-14(13-9-8-15-5-4-10(9)16-17-13)18-6-7-20-12-3-1-2-11(12)18/h11-12,15H,1-8H2,(H,16,17). The van der Waals surface area contributed by atoms with E-state index in [1.807, 2.05) is 4.90 Å². The molecule has 0 aromatic carbocycles. The molecule has 2 N–H and O–H groups in total. The molecule has 0 bridgehead atoms. The molecule has 6 heteroatoms. The summed E-state index contributed by atoms with van der Waals surface area (Å²) in [6, 6.07) is 0.250. The van der Waals surface area contributed by atoms with E-state index in [1.165, 1.54) is 0 Å². The monoisotopic (exact) mass is 276 g/mol. The van der Waals surface area contributed by atoms with Crippen LogP contribution < -0.4 is 5.32 Å². The van der Waals surface area contributed by atoms with Crippen molar-refractivity contribution in [2.24, 2.45) is 0 Å². The summed E-state index contributed by atoms with van der Waals surface area (Å²) in [7, 11) is 0. The summed E-state index contributed by atoms with van der Waals surface area (Å²) in [5.41, 5.74) is 2.78. The molecule has 2 unspecified atom stereocenters. The molecular formula is C14H20N4O2. The molecule has 3 aliphatic rings. The first-order valence-corrected chi connectivity index (χ1v) is 7.54. The summed E-state index contributed by atoms with van der Waals surface area (Å²) < 4.78 is 5.78. The molecule has 3 heterocycles. The fourth-order valence-electron chi connectivity index (χ4n) is 3.72. The van der Waals surface area contributed by atoms with Gasteiger partial charge in [-0.15, -0.1) is 0 Å². The van der Waals surface area contributed by atoms with Gasteiger partial charge in [0.2, 0.25) is 0 Å². The zero-order valence-electron chi connectivity index (χ0n) is 11.5. The Morgan fingerprint density at radius 2 is 2.35 bits per heavy atom. The largest absolute Gasteiger partial charge is 0.374 e. The highest BCUT2D eigenvalue weighted by Gasteiger charge is 2.40. The van der Waals surface area contributed by atoms with E-state index in [-0.39, 0.29) is 18.1 Å². The lowest BCUT2D eigenvalue weighted by molar-refractivity contribution is -0.0447. The molecule has 4 rings (SSSR count). The van der Waals surface area contributed by atoms with Gasteiger partial charge in [0, 0.05) is 37.3 Å². The summed E-state index contributed by atoms with van der Waals surface area (Å²) in [6.07, 6.45) is 4.45. The third kappa shape index (κ3) is 1.86. The van der Waals surface area contributed by atoms with Crippen LogP contribution in [0.25, 0.3) is 0 Å². The molecule has 108 valence electrons. The van der Waals surface area contributed by atoms with Gasteiger partial charge in [-0.25, -0.2) is 0 Å². The van der Waals surface area contributed by atoms with Gasteiger partial charge in [0.15, 0.2) is 5.69 Å². The molecule has 1 aromatic rings. The summed E-state index contributed by atoms with van der Waals surface area (Å²) >= 11 is 0. The molecule has 1 saturated heterocycles. The number of carbonyl (C=O) groups excluding carboxylic acids is 1. The quantitative estimate of drug-likeness (QED) is 0.781. The Labute approximate surface area is 117 Å². The summed E-state index contributed by atoms with van der Waals surface area (Å²) in [4.78, 5) is 14.8.